The van der Waals surface area contributed by atoms with Crippen molar-refractivity contribution in [2.75, 3.05) is 25.0 Å². The lowest BCUT2D eigenvalue weighted by Crippen LogP contribution is -2.43. The summed E-state index contributed by atoms with van der Waals surface area (Å²) in [5, 5.41) is 5.53. The predicted molar refractivity (Wildman–Crippen MR) is 106 cm³/mol. The number of rotatable bonds is 7. The molecule has 0 fully saturated rings. The number of anilines is 1. The molecule has 0 spiro atoms. The maximum atomic E-state index is 13.2. The molecule has 9 heteroatoms. The van der Waals surface area contributed by atoms with Crippen LogP contribution in [0.4, 0.5) is 10.1 Å². The minimum atomic E-state index is -0.587. The van der Waals surface area contributed by atoms with E-state index in [0.717, 1.165) is 6.07 Å². The zero-order valence-corrected chi connectivity index (χ0v) is 16.5. The Morgan fingerprint density at radius 1 is 1.07 bits per heavy atom. The minimum Gasteiger partial charge on any atom is -0.343 e. The third kappa shape index (κ3) is 5.94. The van der Waals surface area contributed by atoms with Crippen LogP contribution in [-0.4, -0.2) is 42.3 Å². The Kier molecular flexibility index (Phi) is 7.78. The Morgan fingerprint density at radius 2 is 1.71 bits per heavy atom. The highest BCUT2D eigenvalue weighted by Crippen LogP contribution is 2.29. The number of benzene rings is 2. The number of hydrogen-bond donors (Lipinski definition) is 2. The third-order valence-electron chi connectivity index (χ3n) is 3.78. The van der Waals surface area contributed by atoms with Crippen LogP contribution in [0.25, 0.3) is 0 Å². The van der Waals surface area contributed by atoms with Crippen molar-refractivity contribution in [2.45, 2.75) is 6.92 Å². The summed E-state index contributed by atoms with van der Waals surface area (Å²) in [6, 6.07) is 9.91. The van der Waals surface area contributed by atoms with Crippen molar-refractivity contribution in [3.63, 3.8) is 0 Å². The smallest absolute Gasteiger partial charge is 0.251 e. The molecule has 0 aliphatic heterocycles. The van der Waals surface area contributed by atoms with Crippen molar-refractivity contribution in [3.05, 3.63) is 63.9 Å². The van der Waals surface area contributed by atoms with Crippen LogP contribution in [0.15, 0.2) is 42.5 Å². The van der Waals surface area contributed by atoms with E-state index in [1.54, 1.807) is 25.1 Å². The fourth-order valence-corrected chi connectivity index (χ4v) is 2.84. The van der Waals surface area contributed by atoms with Crippen LogP contribution in [0.1, 0.15) is 17.3 Å². The van der Waals surface area contributed by atoms with E-state index in [-0.39, 0.29) is 40.9 Å². The number of carbonyl (C=O) groups is 3. The molecular weight excluding hydrogens is 408 g/mol. The van der Waals surface area contributed by atoms with Crippen molar-refractivity contribution in [2.24, 2.45) is 0 Å². The van der Waals surface area contributed by atoms with Gasteiger partial charge < -0.3 is 15.5 Å². The number of amides is 3. The van der Waals surface area contributed by atoms with Gasteiger partial charge in [-0.1, -0.05) is 35.3 Å². The van der Waals surface area contributed by atoms with Crippen LogP contribution < -0.4 is 10.6 Å². The van der Waals surface area contributed by atoms with Gasteiger partial charge in [-0.2, -0.15) is 0 Å². The lowest BCUT2D eigenvalue weighted by molar-refractivity contribution is -0.133. The fourth-order valence-electron chi connectivity index (χ4n) is 2.35. The molecule has 0 radical (unpaired) electrons. The first-order chi connectivity index (χ1) is 13.3. The van der Waals surface area contributed by atoms with Gasteiger partial charge >= 0.3 is 0 Å². The predicted octanol–water partition coefficient (Wildman–Crippen LogP) is 3.35. The Hall–Kier alpha value is -2.64. The Labute approximate surface area is 171 Å². The molecule has 2 rings (SSSR count). The monoisotopic (exact) mass is 425 g/mol. The summed E-state index contributed by atoms with van der Waals surface area (Å²) < 4.78 is 13.2. The summed E-state index contributed by atoms with van der Waals surface area (Å²) in [6.45, 7) is 1.37. The maximum absolute atomic E-state index is 13.2. The van der Waals surface area contributed by atoms with E-state index in [4.69, 9.17) is 23.2 Å². The normalized spacial score (nSPS) is 10.3. The molecule has 0 saturated heterocycles. The van der Waals surface area contributed by atoms with Gasteiger partial charge in [0.1, 0.15) is 5.82 Å². The van der Waals surface area contributed by atoms with Crippen molar-refractivity contribution in [1.29, 1.82) is 0 Å². The SMILES string of the molecule is CCN(CC(=O)Nc1c(Cl)cccc1Cl)C(=O)CNC(=O)c1cccc(F)c1. The first-order valence-electron chi connectivity index (χ1n) is 8.37. The van der Waals surface area contributed by atoms with E-state index < -0.39 is 23.5 Å². The quantitative estimate of drug-likeness (QED) is 0.713. The van der Waals surface area contributed by atoms with Crippen molar-refractivity contribution >= 4 is 46.6 Å². The average Bonchev–Trinajstić information content (AvgIpc) is 2.67. The summed E-state index contributed by atoms with van der Waals surface area (Å²) in [6.07, 6.45) is 0. The zero-order chi connectivity index (χ0) is 20.7. The number of halogens is 3. The molecular formula is C19H18Cl2FN3O3. The largest absolute Gasteiger partial charge is 0.343 e. The lowest BCUT2D eigenvalue weighted by Gasteiger charge is -2.21. The highest BCUT2D eigenvalue weighted by atomic mass is 35.5. The van der Waals surface area contributed by atoms with Gasteiger partial charge in [-0.05, 0) is 37.3 Å². The van der Waals surface area contributed by atoms with E-state index in [0.29, 0.717) is 0 Å². The summed E-state index contributed by atoms with van der Waals surface area (Å²) in [5.41, 5.74) is 0.362. The number of hydrogen-bond acceptors (Lipinski definition) is 3. The Balaban J connectivity index is 1.92. The van der Waals surface area contributed by atoms with E-state index >= 15 is 0 Å². The van der Waals surface area contributed by atoms with E-state index in [1.807, 2.05) is 0 Å². The summed E-state index contributed by atoms with van der Waals surface area (Å²) >= 11 is 12.0. The van der Waals surface area contributed by atoms with E-state index in [9.17, 15) is 18.8 Å². The minimum absolute atomic E-state index is 0.0990. The van der Waals surface area contributed by atoms with Crippen molar-refractivity contribution in [3.8, 4) is 0 Å². The molecule has 0 aliphatic carbocycles. The highest BCUT2D eigenvalue weighted by molar-refractivity contribution is 6.39. The van der Waals surface area contributed by atoms with Gasteiger partial charge in [0.2, 0.25) is 11.8 Å². The topological polar surface area (TPSA) is 78.5 Å². The average molecular weight is 426 g/mol. The molecule has 0 atom stereocenters. The zero-order valence-electron chi connectivity index (χ0n) is 15.0. The van der Waals surface area contributed by atoms with Crippen molar-refractivity contribution in [1.82, 2.24) is 10.2 Å². The second kappa shape index (κ2) is 10.1. The number of nitrogens with zero attached hydrogens (tertiary/aromatic N) is 1. The van der Waals surface area contributed by atoms with Crippen molar-refractivity contribution < 1.29 is 18.8 Å². The fraction of sp³-hybridized carbons (Fsp3) is 0.211. The highest BCUT2D eigenvalue weighted by Gasteiger charge is 2.18. The molecule has 0 saturated carbocycles. The molecule has 148 valence electrons. The van der Waals surface area contributed by atoms with Gasteiger partial charge in [-0.15, -0.1) is 0 Å². The second-order valence-corrected chi connectivity index (χ2v) is 6.56. The molecule has 2 aromatic rings. The van der Waals surface area contributed by atoms with Crippen LogP contribution in [0.2, 0.25) is 10.0 Å². The van der Waals surface area contributed by atoms with Crippen LogP contribution in [-0.2, 0) is 9.59 Å². The van der Waals surface area contributed by atoms with Crippen LogP contribution in [0.5, 0.6) is 0 Å². The standard InChI is InChI=1S/C19H18Cl2FN3O3/c1-2-25(11-16(26)24-18-14(20)7-4-8-15(18)21)17(27)10-23-19(28)12-5-3-6-13(22)9-12/h3-9H,2,10-11H2,1H3,(H,23,28)(H,24,26). The van der Waals surface area contributed by atoms with Gasteiger partial charge in [-0.25, -0.2) is 4.39 Å². The maximum Gasteiger partial charge on any atom is 0.251 e. The van der Waals surface area contributed by atoms with E-state index in [1.165, 1.54) is 23.1 Å². The summed E-state index contributed by atoms with van der Waals surface area (Å²) in [4.78, 5) is 37.8. The van der Waals surface area contributed by atoms with Gasteiger partial charge in [0.15, 0.2) is 0 Å². The van der Waals surface area contributed by atoms with Crippen LogP contribution in [0, 0.1) is 5.82 Å². The molecule has 0 unspecified atom stereocenters. The van der Waals surface area contributed by atoms with Gasteiger partial charge in [-0.3, -0.25) is 14.4 Å². The number of carbonyl (C=O) groups excluding carboxylic acids is 3. The van der Waals surface area contributed by atoms with E-state index in [2.05, 4.69) is 10.6 Å². The van der Waals surface area contributed by atoms with Gasteiger partial charge in [0.25, 0.3) is 5.91 Å². The number of para-hydroxylation sites is 1. The number of likely N-dealkylation sites (N-methyl/N-ethyl adjacent to an activating group) is 1. The van der Waals surface area contributed by atoms with Crippen LogP contribution in [0.3, 0.4) is 0 Å². The molecule has 0 aromatic heterocycles. The molecule has 3 amide bonds. The van der Waals surface area contributed by atoms with Gasteiger partial charge in [0.05, 0.1) is 28.8 Å². The summed E-state index contributed by atoms with van der Waals surface area (Å²) in [5.74, 6) is -2.09. The molecule has 2 aromatic carbocycles. The Bertz CT molecular complexity index is 872. The first kappa shape index (κ1) is 21.7. The second-order valence-electron chi connectivity index (χ2n) is 5.75. The Morgan fingerprint density at radius 3 is 2.32 bits per heavy atom. The summed E-state index contributed by atoms with van der Waals surface area (Å²) in [7, 11) is 0. The lowest BCUT2D eigenvalue weighted by atomic mass is 10.2. The van der Waals surface area contributed by atoms with Gasteiger partial charge in [0, 0.05) is 12.1 Å². The molecule has 0 aliphatic rings. The molecule has 6 nitrogen and oxygen atoms in total. The van der Waals surface area contributed by atoms with Crippen LogP contribution >= 0.6 is 23.2 Å². The molecule has 0 heterocycles. The molecule has 28 heavy (non-hydrogen) atoms. The molecule has 2 N–H and O–H groups in total. The first-order valence-corrected chi connectivity index (χ1v) is 9.12. The number of nitrogens with one attached hydrogen (secondary N) is 2. The third-order valence-corrected chi connectivity index (χ3v) is 4.41. The molecule has 0 bridgehead atoms.